The van der Waals surface area contributed by atoms with E-state index in [0.29, 0.717) is 5.69 Å². The number of alkyl halides is 3. The average molecular weight is 234 g/mol. The number of aryl methyl sites for hydroxylation is 1. The Labute approximate surface area is 88.5 Å². The van der Waals surface area contributed by atoms with Gasteiger partial charge in [-0.3, -0.25) is 5.10 Å². The molecule has 0 aliphatic heterocycles. The number of H-pyrrole nitrogens is 1. The van der Waals surface area contributed by atoms with Crippen molar-refractivity contribution in [1.29, 1.82) is 0 Å². The van der Waals surface area contributed by atoms with Gasteiger partial charge in [-0.15, -0.1) is 0 Å². The Morgan fingerprint density at radius 1 is 1.50 bits per heavy atom. The van der Waals surface area contributed by atoms with Crippen LogP contribution in [0.1, 0.15) is 28.2 Å². The van der Waals surface area contributed by atoms with E-state index < -0.39 is 18.1 Å². The van der Waals surface area contributed by atoms with Gasteiger partial charge in [0.1, 0.15) is 0 Å². The van der Waals surface area contributed by atoms with E-state index >= 15 is 0 Å². The van der Waals surface area contributed by atoms with Crippen LogP contribution in [0, 0.1) is 5.92 Å². The third-order valence-electron chi connectivity index (χ3n) is 2.81. The van der Waals surface area contributed by atoms with Gasteiger partial charge in [0, 0.05) is 11.3 Å². The fourth-order valence-electron chi connectivity index (χ4n) is 1.95. The van der Waals surface area contributed by atoms with Crippen molar-refractivity contribution >= 4 is 5.97 Å². The molecular formula is C9H9F3N2O2. The molecule has 4 nitrogen and oxygen atoms in total. The largest absolute Gasteiger partial charge is 0.476 e. The SMILES string of the molecule is O=C(O)c1n[nH]c2c1C[C@@H](C(F)(F)F)CC2. The van der Waals surface area contributed by atoms with Gasteiger partial charge in [0.25, 0.3) is 0 Å². The summed E-state index contributed by atoms with van der Waals surface area (Å²) >= 11 is 0. The molecule has 1 aromatic heterocycles. The number of halogens is 3. The second-order valence-electron chi connectivity index (χ2n) is 3.82. The standard InChI is InChI=1S/C9H9F3N2O2/c10-9(11,12)4-1-2-6-5(3-4)7(8(15)16)14-13-6/h4H,1-3H2,(H,13,14)(H,15,16)/t4-/m0/s1. The van der Waals surface area contributed by atoms with Crippen LogP contribution >= 0.6 is 0 Å². The Balaban J connectivity index is 2.31. The Bertz CT molecular complexity index is 425. The first-order valence-electron chi connectivity index (χ1n) is 4.75. The van der Waals surface area contributed by atoms with E-state index in [4.69, 9.17) is 5.11 Å². The molecule has 1 atom stereocenters. The number of rotatable bonds is 1. The molecule has 0 amide bonds. The zero-order valence-corrected chi connectivity index (χ0v) is 8.14. The molecule has 2 N–H and O–H groups in total. The van der Waals surface area contributed by atoms with Gasteiger partial charge in [-0.2, -0.15) is 18.3 Å². The number of carboxylic acids is 1. The third kappa shape index (κ3) is 1.77. The van der Waals surface area contributed by atoms with Crippen LogP contribution in [0.25, 0.3) is 0 Å². The number of nitrogens with zero attached hydrogens (tertiary/aromatic N) is 1. The van der Waals surface area contributed by atoms with Crippen LogP contribution in [0.3, 0.4) is 0 Å². The Morgan fingerprint density at radius 2 is 2.19 bits per heavy atom. The van der Waals surface area contributed by atoms with Crippen LogP contribution in [-0.4, -0.2) is 27.4 Å². The number of fused-ring (bicyclic) bond motifs is 1. The van der Waals surface area contributed by atoms with Crippen LogP contribution < -0.4 is 0 Å². The summed E-state index contributed by atoms with van der Waals surface area (Å²) in [5, 5.41) is 14.8. The fourth-order valence-corrected chi connectivity index (χ4v) is 1.95. The van der Waals surface area contributed by atoms with Crippen LogP contribution in [0.5, 0.6) is 0 Å². The number of aromatic amines is 1. The first kappa shape index (κ1) is 11.0. The lowest BCUT2D eigenvalue weighted by molar-refractivity contribution is -0.177. The maximum absolute atomic E-state index is 12.5. The highest BCUT2D eigenvalue weighted by molar-refractivity contribution is 5.87. The van der Waals surface area contributed by atoms with E-state index in [2.05, 4.69) is 10.2 Å². The predicted molar refractivity (Wildman–Crippen MR) is 47.1 cm³/mol. The smallest absolute Gasteiger partial charge is 0.392 e. The van der Waals surface area contributed by atoms with E-state index in [-0.39, 0.29) is 30.5 Å². The van der Waals surface area contributed by atoms with Crippen LogP contribution in [0.4, 0.5) is 13.2 Å². The van der Waals surface area contributed by atoms with Crippen molar-refractivity contribution in [3.63, 3.8) is 0 Å². The first-order chi connectivity index (χ1) is 7.39. The van der Waals surface area contributed by atoms with Crippen molar-refractivity contribution in [2.24, 2.45) is 5.92 Å². The number of nitrogens with one attached hydrogen (secondary N) is 1. The zero-order chi connectivity index (χ0) is 11.9. The Kier molecular flexibility index (Phi) is 2.40. The van der Waals surface area contributed by atoms with Crippen molar-refractivity contribution in [2.45, 2.75) is 25.4 Å². The van der Waals surface area contributed by atoms with Crippen molar-refractivity contribution in [3.8, 4) is 0 Å². The van der Waals surface area contributed by atoms with Gasteiger partial charge < -0.3 is 5.11 Å². The molecule has 0 radical (unpaired) electrons. The second-order valence-corrected chi connectivity index (χ2v) is 3.82. The lowest BCUT2D eigenvalue weighted by Gasteiger charge is -2.24. The van der Waals surface area contributed by atoms with Gasteiger partial charge in [0.2, 0.25) is 0 Å². The van der Waals surface area contributed by atoms with E-state index in [1.54, 1.807) is 0 Å². The highest BCUT2D eigenvalue weighted by atomic mass is 19.4. The molecular weight excluding hydrogens is 225 g/mol. The van der Waals surface area contributed by atoms with Crippen molar-refractivity contribution in [1.82, 2.24) is 10.2 Å². The minimum atomic E-state index is -4.27. The summed E-state index contributed by atoms with van der Waals surface area (Å²) < 4.78 is 37.5. The van der Waals surface area contributed by atoms with Gasteiger partial charge in [-0.1, -0.05) is 0 Å². The molecule has 0 spiro atoms. The van der Waals surface area contributed by atoms with E-state index in [1.807, 2.05) is 0 Å². The van der Waals surface area contributed by atoms with Gasteiger partial charge in [-0.25, -0.2) is 4.79 Å². The normalized spacial score (nSPS) is 20.6. The number of aromatic nitrogens is 2. The number of hydrogen-bond acceptors (Lipinski definition) is 2. The minimum Gasteiger partial charge on any atom is -0.476 e. The molecule has 1 aromatic rings. The summed E-state index contributed by atoms with van der Waals surface area (Å²) in [6, 6.07) is 0. The van der Waals surface area contributed by atoms with Gasteiger partial charge in [0.05, 0.1) is 5.92 Å². The van der Waals surface area contributed by atoms with E-state index in [9.17, 15) is 18.0 Å². The van der Waals surface area contributed by atoms with Crippen LogP contribution in [0.2, 0.25) is 0 Å². The van der Waals surface area contributed by atoms with Gasteiger partial charge in [-0.05, 0) is 19.3 Å². The molecule has 1 heterocycles. The van der Waals surface area contributed by atoms with Crippen molar-refractivity contribution in [2.75, 3.05) is 0 Å². The molecule has 16 heavy (non-hydrogen) atoms. The monoisotopic (exact) mass is 234 g/mol. The number of carbonyl (C=O) groups is 1. The van der Waals surface area contributed by atoms with E-state index in [0.717, 1.165) is 0 Å². The molecule has 0 unspecified atom stereocenters. The second kappa shape index (κ2) is 3.50. The molecule has 0 bridgehead atoms. The van der Waals surface area contributed by atoms with Crippen LogP contribution in [0.15, 0.2) is 0 Å². The number of carboxylic acid groups (broad SMARTS) is 1. The van der Waals surface area contributed by atoms with Gasteiger partial charge in [0.15, 0.2) is 5.69 Å². The highest BCUT2D eigenvalue weighted by Crippen LogP contribution is 2.37. The Hall–Kier alpha value is -1.53. The molecule has 0 saturated heterocycles. The number of aromatic carboxylic acids is 1. The molecule has 1 aliphatic carbocycles. The van der Waals surface area contributed by atoms with Crippen molar-refractivity contribution < 1.29 is 23.1 Å². The maximum atomic E-state index is 12.5. The highest BCUT2D eigenvalue weighted by Gasteiger charge is 2.42. The molecule has 0 fully saturated rings. The molecule has 0 aromatic carbocycles. The zero-order valence-electron chi connectivity index (χ0n) is 8.14. The summed E-state index contributed by atoms with van der Waals surface area (Å²) in [5.74, 6) is -2.75. The third-order valence-corrected chi connectivity index (χ3v) is 2.81. The summed E-state index contributed by atoms with van der Waals surface area (Å²) in [5.41, 5.74) is 0.419. The maximum Gasteiger partial charge on any atom is 0.392 e. The molecule has 0 saturated carbocycles. The average Bonchev–Trinajstić information content (AvgIpc) is 2.58. The summed E-state index contributed by atoms with van der Waals surface area (Å²) in [7, 11) is 0. The first-order valence-corrected chi connectivity index (χ1v) is 4.75. The number of hydrogen-bond donors (Lipinski definition) is 2. The van der Waals surface area contributed by atoms with Gasteiger partial charge >= 0.3 is 12.1 Å². The molecule has 1 aliphatic rings. The lowest BCUT2D eigenvalue weighted by atomic mass is 9.86. The Morgan fingerprint density at radius 3 is 2.75 bits per heavy atom. The lowest BCUT2D eigenvalue weighted by Crippen LogP contribution is -2.29. The fraction of sp³-hybridized carbons (Fsp3) is 0.556. The predicted octanol–water partition coefficient (Wildman–Crippen LogP) is 1.78. The van der Waals surface area contributed by atoms with Crippen LogP contribution in [-0.2, 0) is 12.8 Å². The summed E-state index contributed by atoms with van der Waals surface area (Å²) in [6.07, 6.45) is -4.39. The topological polar surface area (TPSA) is 66.0 Å². The minimum absolute atomic E-state index is 0.0161. The molecule has 88 valence electrons. The summed E-state index contributed by atoms with van der Waals surface area (Å²) in [6.45, 7) is 0. The molecule has 7 heteroatoms. The van der Waals surface area contributed by atoms with Crippen molar-refractivity contribution in [3.05, 3.63) is 17.0 Å². The van der Waals surface area contributed by atoms with E-state index in [1.165, 1.54) is 0 Å². The summed E-state index contributed by atoms with van der Waals surface area (Å²) in [4.78, 5) is 10.7. The molecule has 2 rings (SSSR count). The quantitative estimate of drug-likeness (QED) is 0.778.